The Kier molecular flexibility index (Phi) is 15.0. The summed E-state index contributed by atoms with van der Waals surface area (Å²) in [6.07, 6.45) is 14.3. The van der Waals surface area contributed by atoms with Gasteiger partial charge < -0.3 is 19.3 Å². The fourth-order valence-corrected chi connectivity index (χ4v) is 1.83. The van der Waals surface area contributed by atoms with E-state index in [1.807, 2.05) is 63.7 Å². The van der Waals surface area contributed by atoms with Crippen molar-refractivity contribution in [2.75, 3.05) is 54.5 Å². The molecule has 2 fully saturated rings. The molecule has 0 spiro atoms. The summed E-state index contributed by atoms with van der Waals surface area (Å²) in [6, 6.07) is 0. The van der Waals surface area contributed by atoms with Gasteiger partial charge in [-0.1, -0.05) is 0 Å². The fraction of sp³-hybridized carbons (Fsp3) is 0.400. The van der Waals surface area contributed by atoms with Gasteiger partial charge in [-0.25, -0.2) is 0 Å². The zero-order valence-electron chi connectivity index (χ0n) is 16.3. The largest absolute Gasteiger partial charge is 2.00 e. The molecule has 2 aliphatic carbocycles. The molecule has 0 unspecified atom stereocenters. The quantitative estimate of drug-likeness (QED) is 0.435. The first-order valence-electron chi connectivity index (χ1n) is 8.47. The molecule has 0 saturated heterocycles. The average Bonchev–Trinajstić information content (AvgIpc) is 3.28. The summed E-state index contributed by atoms with van der Waals surface area (Å²) < 4.78 is 10.0. The first-order valence-corrected chi connectivity index (χ1v) is 8.47. The first kappa shape index (κ1) is 26.4. The Balaban J connectivity index is 0.000000483. The van der Waals surface area contributed by atoms with Crippen LogP contribution >= 0.6 is 0 Å². The number of carbonyl (C=O) groups is 2. The van der Waals surface area contributed by atoms with Crippen LogP contribution in [-0.2, 0) is 36.1 Å². The van der Waals surface area contributed by atoms with Crippen molar-refractivity contribution < 1.29 is 36.1 Å². The molecular formula is C20H28FeN2O4+2. The second kappa shape index (κ2) is 15.3. The van der Waals surface area contributed by atoms with Crippen LogP contribution < -0.4 is 0 Å². The second-order valence-corrected chi connectivity index (χ2v) is 6.23. The van der Waals surface area contributed by atoms with Crippen molar-refractivity contribution in [2.24, 2.45) is 0 Å². The molecule has 0 N–H and O–H groups in total. The van der Waals surface area contributed by atoms with Crippen molar-refractivity contribution in [3.05, 3.63) is 63.2 Å². The van der Waals surface area contributed by atoms with Gasteiger partial charge in [0.15, 0.2) is 0 Å². The summed E-state index contributed by atoms with van der Waals surface area (Å²) >= 11 is 0. The molecule has 0 heterocycles. The van der Waals surface area contributed by atoms with Crippen LogP contribution in [0.25, 0.3) is 0 Å². The number of ether oxygens (including phenoxy) is 2. The number of esters is 2. The standard InChI is InChI=1S/2C10H14NO2.Fe/c2*1-11(2)7-8-13-10(12)9-5-3-4-6-9;/h2*3-6H,7-8H2,1-2H3;/q;;+2. The Morgan fingerprint density at radius 2 is 1.00 bits per heavy atom. The molecule has 0 atom stereocenters. The van der Waals surface area contributed by atoms with Crippen molar-refractivity contribution in [1.82, 2.24) is 9.80 Å². The van der Waals surface area contributed by atoms with Gasteiger partial charge in [0.2, 0.25) is 0 Å². The average molecular weight is 416 g/mol. The van der Waals surface area contributed by atoms with E-state index in [1.54, 1.807) is 25.7 Å². The molecular weight excluding hydrogens is 388 g/mol. The van der Waals surface area contributed by atoms with Crippen molar-refractivity contribution in [3.8, 4) is 0 Å². The molecule has 2 aliphatic rings. The molecule has 6 nitrogen and oxygen atoms in total. The van der Waals surface area contributed by atoms with Gasteiger partial charge in [-0.3, -0.25) is 9.59 Å². The molecule has 2 saturated carbocycles. The number of nitrogens with zero attached hydrogens (tertiary/aromatic N) is 2. The van der Waals surface area contributed by atoms with Crippen molar-refractivity contribution in [1.29, 1.82) is 0 Å². The van der Waals surface area contributed by atoms with E-state index in [1.165, 1.54) is 0 Å². The molecule has 0 aromatic rings. The first-order chi connectivity index (χ1) is 12.4. The van der Waals surface area contributed by atoms with E-state index in [0.29, 0.717) is 25.0 Å². The summed E-state index contributed by atoms with van der Waals surface area (Å²) in [7, 11) is 7.76. The van der Waals surface area contributed by atoms with Crippen LogP contribution in [-0.4, -0.2) is 76.2 Å². The molecule has 2 rings (SSSR count). The van der Waals surface area contributed by atoms with Gasteiger partial charge in [-0.05, 0) is 79.6 Å². The molecule has 27 heavy (non-hydrogen) atoms. The number of carbonyl (C=O) groups excluding carboxylic acids is 2. The zero-order chi connectivity index (χ0) is 19.4. The SMILES string of the molecule is CN(C)CCOC(=O)[C]1[CH][CH][CH][CH]1.CN(C)CCOC(=O)[C]1[CH][CH][CH][CH]1.[Fe+2]. The Labute approximate surface area is 175 Å². The molecule has 10 radical (unpaired) electrons. The molecule has 0 aromatic carbocycles. The zero-order valence-corrected chi connectivity index (χ0v) is 17.4. The van der Waals surface area contributed by atoms with E-state index < -0.39 is 0 Å². The summed E-state index contributed by atoms with van der Waals surface area (Å²) in [5.41, 5.74) is 0. The molecule has 0 amide bonds. The third kappa shape index (κ3) is 12.5. The predicted molar refractivity (Wildman–Crippen MR) is 99.9 cm³/mol. The van der Waals surface area contributed by atoms with E-state index in [4.69, 9.17) is 9.47 Å². The van der Waals surface area contributed by atoms with Crippen LogP contribution in [0, 0.1) is 63.2 Å². The van der Waals surface area contributed by atoms with Gasteiger partial charge in [0.1, 0.15) is 13.2 Å². The van der Waals surface area contributed by atoms with Crippen LogP contribution in [0.4, 0.5) is 0 Å². The van der Waals surface area contributed by atoms with E-state index in [-0.39, 0.29) is 29.0 Å². The molecule has 148 valence electrons. The van der Waals surface area contributed by atoms with Gasteiger partial charge in [-0.15, -0.1) is 0 Å². The number of rotatable bonds is 8. The van der Waals surface area contributed by atoms with Crippen molar-refractivity contribution in [3.63, 3.8) is 0 Å². The minimum atomic E-state index is -0.244. The maximum Gasteiger partial charge on any atom is 2.00 e. The van der Waals surface area contributed by atoms with Crippen molar-refractivity contribution >= 4 is 11.9 Å². The predicted octanol–water partition coefficient (Wildman–Crippen LogP) is 0.990. The maximum absolute atomic E-state index is 11.2. The van der Waals surface area contributed by atoms with Crippen LogP contribution in [0.5, 0.6) is 0 Å². The van der Waals surface area contributed by atoms with Crippen LogP contribution in [0.1, 0.15) is 0 Å². The van der Waals surface area contributed by atoms with E-state index >= 15 is 0 Å². The Morgan fingerprint density at radius 3 is 1.26 bits per heavy atom. The minimum Gasteiger partial charge on any atom is -0.464 e. The third-order valence-electron chi connectivity index (χ3n) is 3.34. The fourth-order valence-electron chi connectivity index (χ4n) is 1.83. The Hall–Kier alpha value is -0.621. The minimum absolute atomic E-state index is 0. The molecule has 0 aliphatic heterocycles. The molecule has 7 heteroatoms. The summed E-state index contributed by atoms with van der Waals surface area (Å²) in [5.74, 6) is 0.760. The van der Waals surface area contributed by atoms with E-state index in [2.05, 4.69) is 0 Å². The van der Waals surface area contributed by atoms with Gasteiger partial charge >= 0.3 is 29.0 Å². The maximum atomic E-state index is 11.2. The van der Waals surface area contributed by atoms with Gasteiger partial charge in [0.25, 0.3) is 0 Å². The summed E-state index contributed by atoms with van der Waals surface area (Å²) in [5, 5.41) is 0. The van der Waals surface area contributed by atoms with Gasteiger partial charge in [0.05, 0.1) is 11.8 Å². The van der Waals surface area contributed by atoms with Crippen molar-refractivity contribution in [2.45, 2.75) is 0 Å². The van der Waals surface area contributed by atoms with E-state index in [9.17, 15) is 9.59 Å². The number of hydrogen-bond acceptors (Lipinski definition) is 6. The smallest absolute Gasteiger partial charge is 0.464 e. The summed E-state index contributed by atoms with van der Waals surface area (Å²) in [4.78, 5) is 26.4. The number of hydrogen-bond donors (Lipinski definition) is 0. The van der Waals surface area contributed by atoms with Crippen LogP contribution in [0.3, 0.4) is 0 Å². The third-order valence-corrected chi connectivity index (χ3v) is 3.34. The van der Waals surface area contributed by atoms with Gasteiger partial charge in [0, 0.05) is 13.1 Å². The molecule has 0 bridgehead atoms. The van der Waals surface area contributed by atoms with Crippen LogP contribution in [0.2, 0.25) is 0 Å². The normalized spacial score (nSPS) is 17.4. The Bertz CT molecular complexity index is 369. The Morgan fingerprint density at radius 1 is 0.704 bits per heavy atom. The monoisotopic (exact) mass is 416 g/mol. The summed E-state index contributed by atoms with van der Waals surface area (Å²) in [6.45, 7) is 2.40. The topological polar surface area (TPSA) is 59.1 Å². The van der Waals surface area contributed by atoms with Crippen LogP contribution in [0.15, 0.2) is 0 Å². The number of likely N-dealkylation sites (N-methyl/N-ethyl adjacent to an activating group) is 2. The van der Waals surface area contributed by atoms with E-state index in [0.717, 1.165) is 13.1 Å². The van der Waals surface area contributed by atoms with Gasteiger partial charge in [-0.2, -0.15) is 0 Å². The molecule has 0 aromatic heterocycles. The second-order valence-electron chi connectivity index (χ2n) is 6.23.